The van der Waals surface area contributed by atoms with E-state index >= 15 is 0 Å². The van der Waals surface area contributed by atoms with Gasteiger partial charge < -0.3 is 95.5 Å². The van der Waals surface area contributed by atoms with Gasteiger partial charge in [-0.25, -0.2) is 9.59 Å². The third-order valence-electron chi connectivity index (χ3n) is 10.8. The minimum Gasteiger partial charge on any atom is -0.508 e. The summed E-state index contributed by atoms with van der Waals surface area (Å²) in [6.07, 6.45) is -7.15. The van der Waals surface area contributed by atoms with E-state index in [1.165, 1.54) is 6.07 Å². The van der Waals surface area contributed by atoms with Gasteiger partial charge in [0, 0.05) is 46.9 Å². The number of phenols is 14. The first-order valence-electron chi connectivity index (χ1n) is 18.9. The number of carbonyl (C=O) groups is 2. The molecule has 0 spiro atoms. The highest BCUT2D eigenvalue weighted by Crippen LogP contribution is 2.57. The van der Waals surface area contributed by atoms with Crippen molar-refractivity contribution in [2.45, 2.75) is 36.8 Å². The van der Waals surface area contributed by atoms with E-state index in [9.17, 15) is 86.2 Å². The molecule has 0 radical (unpaired) electrons. The Kier molecular flexibility index (Phi) is 10.3. The first-order valence-corrected chi connectivity index (χ1v) is 18.9. The third-order valence-corrected chi connectivity index (χ3v) is 10.8. The molecule has 5 atom stereocenters. The maximum absolute atomic E-state index is 13.7. The van der Waals surface area contributed by atoms with Crippen LogP contribution in [-0.4, -0.2) is 101 Å². The van der Waals surface area contributed by atoms with E-state index in [1.807, 2.05) is 0 Å². The molecule has 0 saturated carbocycles. The van der Waals surface area contributed by atoms with Gasteiger partial charge in [-0.15, -0.1) is 0 Å². The van der Waals surface area contributed by atoms with Gasteiger partial charge in [-0.3, -0.25) is 0 Å². The summed E-state index contributed by atoms with van der Waals surface area (Å²) in [6.45, 7) is 0. The minimum atomic E-state index is -1.83. The highest BCUT2D eigenvalue weighted by Gasteiger charge is 2.46. The largest absolute Gasteiger partial charge is 0.508 e. The normalized spacial score (nSPS) is 18.6. The van der Waals surface area contributed by atoms with Crippen molar-refractivity contribution in [3.8, 4) is 97.7 Å². The number of benzene rings is 6. The molecule has 8 rings (SSSR count). The predicted octanol–water partition coefficient (Wildman–Crippen LogP) is 4.31. The highest BCUT2D eigenvalue weighted by atomic mass is 16.6. The molecule has 0 bridgehead atoms. The van der Waals surface area contributed by atoms with Gasteiger partial charge in [0.1, 0.15) is 46.7 Å². The Labute approximate surface area is 362 Å². The van der Waals surface area contributed by atoms with Crippen LogP contribution in [0.3, 0.4) is 0 Å². The Morgan fingerprint density at radius 1 is 0.492 bits per heavy atom. The lowest BCUT2D eigenvalue weighted by molar-refractivity contribution is -0.0191. The summed E-state index contributed by atoms with van der Waals surface area (Å²) in [4.78, 5) is 26.8. The standard InChI is InChI=1S/C44H34O21/c45-18-10-22(48)33-30(11-18)63-42(14-1-2-20(46)21(47)3-14)40(59)35(33)34-23(49)13-29-19(36(34)55)12-32(65-44(61)17-7-26(52)38(57)27(53)8-17)41(62-29)15-4-28(54)39(58)31(9-15)64-43(60)16-5-24(50)37(56)25(51)6-16/h1-11,13,32,35,40-42,45-59H,12H2. The van der Waals surface area contributed by atoms with Gasteiger partial charge in [0.15, 0.2) is 69.7 Å². The van der Waals surface area contributed by atoms with Crippen LogP contribution in [0.4, 0.5) is 0 Å². The predicted molar refractivity (Wildman–Crippen MR) is 214 cm³/mol. The summed E-state index contributed by atoms with van der Waals surface area (Å²) < 4.78 is 23.2. The van der Waals surface area contributed by atoms with Crippen LogP contribution in [-0.2, 0) is 11.2 Å². The molecule has 65 heavy (non-hydrogen) atoms. The average molecular weight is 899 g/mol. The number of phenolic OH excluding ortho intramolecular Hbond substituents is 14. The first kappa shape index (κ1) is 42.7. The van der Waals surface area contributed by atoms with Gasteiger partial charge in [0.2, 0.25) is 5.75 Å². The zero-order valence-corrected chi connectivity index (χ0v) is 32.7. The third kappa shape index (κ3) is 7.46. The maximum atomic E-state index is 13.7. The molecule has 2 aliphatic heterocycles. The molecule has 6 aromatic carbocycles. The number of aliphatic hydroxyl groups is 1. The molecule has 336 valence electrons. The smallest absolute Gasteiger partial charge is 0.343 e. The summed E-state index contributed by atoms with van der Waals surface area (Å²) in [5, 5.41) is 159. The van der Waals surface area contributed by atoms with Crippen molar-refractivity contribution in [3.63, 3.8) is 0 Å². The summed E-state index contributed by atoms with van der Waals surface area (Å²) in [6, 6.07) is 11.2. The van der Waals surface area contributed by atoms with Crippen LogP contribution in [0.15, 0.2) is 72.8 Å². The second-order valence-corrected chi connectivity index (χ2v) is 15.0. The van der Waals surface area contributed by atoms with Gasteiger partial charge in [-0.2, -0.15) is 0 Å². The number of esters is 2. The van der Waals surface area contributed by atoms with Gasteiger partial charge in [0.25, 0.3) is 0 Å². The number of hydrogen-bond donors (Lipinski definition) is 15. The van der Waals surface area contributed by atoms with Crippen molar-refractivity contribution >= 4 is 11.9 Å². The van der Waals surface area contributed by atoms with Crippen molar-refractivity contribution in [3.05, 3.63) is 112 Å². The van der Waals surface area contributed by atoms with Crippen molar-refractivity contribution in [2.24, 2.45) is 0 Å². The molecule has 21 nitrogen and oxygen atoms in total. The van der Waals surface area contributed by atoms with E-state index in [4.69, 9.17) is 18.9 Å². The van der Waals surface area contributed by atoms with E-state index in [-0.39, 0.29) is 33.8 Å². The molecule has 5 unspecified atom stereocenters. The van der Waals surface area contributed by atoms with E-state index in [0.717, 1.165) is 66.7 Å². The lowest BCUT2D eigenvalue weighted by Gasteiger charge is -2.39. The van der Waals surface area contributed by atoms with E-state index < -0.39 is 152 Å². The number of aliphatic hydroxyl groups excluding tert-OH is 1. The minimum absolute atomic E-state index is 0.0641. The maximum Gasteiger partial charge on any atom is 0.343 e. The van der Waals surface area contributed by atoms with Crippen molar-refractivity contribution in [1.82, 2.24) is 0 Å². The fraction of sp³-hybridized carbons (Fsp3) is 0.136. The van der Waals surface area contributed by atoms with Crippen molar-refractivity contribution < 1.29 is 105 Å². The van der Waals surface area contributed by atoms with Gasteiger partial charge in [-0.05, 0) is 54.1 Å². The summed E-state index contributed by atoms with van der Waals surface area (Å²) in [5.41, 5.74) is -2.12. The Balaban J connectivity index is 1.24. The Hall–Kier alpha value is -8.98. The second kappa shape index (κ2) is 15.7. The van der Waals surface area contributed by atoms with Crippen LogP contribution in [0.5, 0.6) is 97.7 Å². The molecule has 6 aromatic rings. The molecule has 21 heteroatoms. The van der Waals surface area contributed by atoms with Crippen LogP contribution in [0.1, 0.15) is 66.7 Å². The quantitative estimate of drug-likeness (QED) is 0.0602. The molecular weight excluding hydrogens is 864 g/mol. The molecule has 0 aromatic heterocycles. The summed E-state index contributed by atoms with van der Waals surface area (Å²) in [7, 11) is 0. The zero-order valence-electron chi connectivity index (χ0n) is 32.7. The monoisotopic (exact) mass is 898 g/mol. The molecule has 0 amide bonds. The number of hydrogen-bond acceptors (Lipinski definition) is 21. The topological polar surface area (TPSA) is 375 Å². The first-order chi connectivity index (χ1) is 30.7. The average Bonchev–Trinajstić information content (AvgIpc) is 3.24. The van der Waals surface area contributed by atoms with Crippen LogP contribution < -0.4 is 14.2 Å². The molecule has 15 N–H and O–H groups in total. The van der Waals surface area contributed by atoms with E-state index in [0.29, 0.717) is 0 Å². The molecule has 0 aliphatic carbocycles. The molecular formula is C44H34O21. The van der Waals surface area contributed by atoms with E-state index in [1.54, 1.807) is 0 Å². The van der Waals surface area contributed by atoms with Crippen LogP contribution in [0.2, 0.25) is 0 Å². The summed E-state index contributed by atoms with van der Waals surface area (Å²) >= 11 is 0. The molecule has 0 fully saturated rings. The summed E-state index contributed by atoms with van der Waals surface area (Å²) in [5.74, 6) is -16.9. The molecule has 2 aliphatic rings. The van der Waals surface area contributed by atoms with Gasteiger partial charge in [-0.1, -0.05) is 6.07 Å². The Morgan fingerprint density at radius 2 is 1.05 bits per heavy atom. The second-order valence-electron chi connectivity index (χ2n) is 15.0. The van der Waals surface area contributed by atoms with E-state index in [2.05, 4.69) is 0 Å². The zero-order chi connectivity index (χ0) is 46.9. The van der Waals surface area contributed by atoms with Gasteiger partial charge >= 0.3 is 11.9 Å². The fourth-order valence-corrected chi connectivity index (χ4v) is 7.73. The van der Waals surface area contributed by atoms with Crippen LogP contribution >= 0.6 is 0 Å². The number of fused-ring (bicyclic) bond motifs is 2. The van der Waals surface area contributed by atoms with Crippen molar-refractivity contribution in [2.75, 3.05) is 0 Å². The highest BCUT2D eigenvalue weighted by molar-refractivity contribution is 5.93. The van der Waals surface area contributed by atoms with Crippen LogP contribution in [0.25, 0.3) is 0 Å². The fourth-order valence-electron chi connectivity index (χ4n) is 7.73. The lowest BCUT2D eigenvalue weighted by atomic mass is 9.77. The molecule has 0 saturated heterocycles. The Bertz CT molecular complexity index is 2920. The number of aromatic hydroxyl groups is 14. The number of carbonyl (C=O) groups excluding carboxylic acids is 2. The lowest BCUT2D eigenvalue weighted by Crippen LogP contribution is -2.36. The van der Waals surface area contributed by atoms with Crippen molar-refractivity contribution in [1.29, 1.82) is 0 Å². The van der Waals surface area contributed by atoms with Gasteiger partial charge in [0.05, 0.1) is 17.0 Å². The number of ether oxygens (including phenoxy) is 4. The van der Waals surface area contributed by atoms with Crippen LogP contribution in [0, 0.1) is 0 Å². The molecule has 2 heterocycles. The number of rotatable bonds is 7. The SMILES string of the molecule is O=C(Oc1cc(C2Oc3cc(O)c(C4c5c(O)cc(O)cc5OC(c5ccc(O)c(O)c5)C4O)c(O)c3CC2OC(=O)c2cc(O)c(O)c(O)c2)cc(O)c1O)c1cc(O)c(O)c(O)c1. The Morgan fingerprint density at radius 3 is 1.66 bits per heavy atom.